The second-order valence-electron chi connectivity index (χ2n) is 3.82. The fraction of sp³-hybridized carbons (Fsp3) is 0.0909. The Kier molecular flexibility index (Phi) is 3.25. The molecule has 0 radical (unpaired) electrons. The average Bonchev–Trinajstić information content (AvgIpc) is 2.91. The number of hydrogen-bond donors (Lipinski definition) is 2. The molecule has 3 N–H and O–H groups in total. The van der Waals surface area contributed by atoms with Crippen LogP contribution in [0.2, 0.25) is 5.02 Å². The number of methoxy groups -OCH3 is 1. The zero-order valence-electron chi connectivity index (χ0n) is 10.3. The highest BCUT2D eigenvalue weighted by Gasteiger charge is 2.15. The first kappa shape index (κ1) is 12.8. The molecule has 3 aromatic rings. The van der Waals surface area contributed by atoms with Gasteiger partial charge in [-0.05, 0) is 12.1 Å². The maximum atomic E-state index is 6.20. The number of aromatic nitrogens is 4. The van der Waals surface area contributed by atoms with Crippen LogP contribution in [0.5, 0.6) is 5.75 Å². The molecule has 0 saturated carbocycles. The first-order valence-electron chi connectivity index (χ1n) is 5.53. The third-order valence-corrected chi connectivity index (χ3v) is 3.51. The molecule has 9 heteroatoms. The number of fused-ring (bicyclic) bond motifs is 1. The fourth-order valence-electron chi connectivity index (χ4n) is 1.74. The summed E-state index contributed by atoms with van der Waals surface area (Å²) in [5.74, 6) is 1.01. The van der Waals surface area contributed by atoms with Crippen molar-refractivity contribution in [3.8, 4) is 5.75 Å². The van der Waals surface area contributed by atoms with Crippen LogP contribution in [0.15, 0.2) is 18.5 Å². The van der Waals surface area contributed by atoms with Crippen LogP contribution in [0.4, 0.5) is 17.3 Å². The van der Waals surface area contributed by atoms with Gasteiger partial charge in [0.05, 0.1) is 29.5 Å². The molecule has 2 aromatic heterocycles. The summed E-state index contributed by atoms with van der Waals surface area (Å²) in [7, 11) is 1.49. The van der Waals surface area contributed by atoms with Crippen molar-refractivity contribution in [2.24, 2.45) is 0 Å². The van der Waals surface area contributed by atoms with E-state index in [2.05, 4.69) is 24.0 Å². The fourth-order valence-corrected chi connectivity index (χ4v) is 2.48. The molecule has 102 valence electrons. The largest absolute Gasteiger partial charge is 0.490 e. The van der Waals surface area contributed by atoms with Crippen molar-refractivity contribution in [1.29, 1.82) is 0 Å². The van der Waals surface area contributed by atoms with Crippen molar-refractivity contribution < 1.29 is 4.74 Å². The van der Waals surface area contributed by atoms with Crippen molar-refractivity contribution in [2.45, 2.75) is 0 Å². The second kappa shape index (κ2) is 5.06. The van der Waals surface area contributed by atoms with E-state index in [9.17, 15) is 0 Å². The molecule has 0 fully saturated rings. The number of nitrogens with two attached hydrogens (primary N) is 1. The number of hydrogen-bond acceptors (Lipinski definition) is 8. The van der Waals surface area contributed by atoms with Crippen LogP contribution >= 0.6 is 23.3 Å². The maximum absolute atomic E-state index is 6.20. The highest BCUT2D eigenvalue weighted by molar-refractivity contribution is 7.00. The van der Waals surface area contributed by atoms with Crippen molar-refractivity contribution in [3.63, 3.8) is 0 Å². The molecule has 2 heterocycles. The molecule has 7 nitrogen and oxygen atoms in total. The van der Waals surface area contributed by atoms with Crippen LogP contribution < -0.4 is 15.8 Å². The summed E-state index contributed by atoms with van der Waals surface area (Å²) in [5.41, 5.74) is 7.77. The van der Waals surface area contributed by atoms with Gasteiger partial charge in [0.25, 0.3) is 0 Å². The molecule has 3 rings (SSSR count). The lowest BCUT2D eigenvalue weighted by Gasteiger charge is -2.12. The average molecular weight is 309 g/mol. The molecule has 1 aromatic carbocycles. The van der Waals surface area contributed by atoms with Crippen molar-refractivity contribution in [3.05, 3.63) is 23.5 Å². The number of benzene rings is 1. The Morgan fingerprint density at radius 1 is 1.30 bits per heavy atom. The molecule has 0 unspecified atom stereocenters. The van der Waals surface area contributed by atoms with E-state index in [4.69, 9.17) is 22.1 Å². The smallest absolute Gasteiger partial charge is 0.204 e. The van der Waals surface area contributed by atoms with E-state index >= 15 is 0 Å². The molecule has 0 saturated heterocycles. The number of nitrogens with zero attached hydrogens (tertiary/aromatic N) is 4. The van der Waals surface area contributed by atoms with Gasteiger partial charge in [0.2, 0.25) is 5.75 Å². The first-order valence-corrected chi connectivity index (χ1v) is 6.63. The third kappa shape index (κ3) is 2.08. The minimum absolute atomic E-state index is 0.240. The quantitative estimate of drug-likeness (QED) is 0.766. The third-order valence-electron chi connectivity index (χ3n) is 2.66. The molecule has 0 atom stereocenters. The monoisotopic (exact) mass is 308 g/mol. The molecule has 0 spiro atoms. The number of nitrogen functional groups attached to an aromatic ring is 1. The van der Waals surface area contributed by atoms with Gasteiger partial charge in [-0.1, -0.05) is 11.6 Å². The Balaban J connectivity index is 2.12. The van der Waals surface area contributed by atoms with Crippen LogP contribution in [0, 0.1) is 0 Å². The zero-order chi connectivity index (χ0) is 14.1. The molecule has 0 aliphatic heterocycles. The van der Waals surface area contributed by atoms with Gasteiger partial charge in [0.15, 0.2) is 11.6 Å². The maximum Gasteiger partial charge on any atom is 0.204 e. The van der Waals surface area contributed by atoms with Gasteiger partial charge in [-0.2, -0.15) is 8.75 Å². The van der Waals surface area contributed by atoms with Gasteiger partial charge >= 0.3 is 0 Å². The second-order valence-corrected chi connectivity index (χ2v) is 4.76. The van der Waals surface area contributed by atoms with Crippen LogP contribution in [0.25, 0.3) is 11.0 Å². The predicted molar refractivity (Wildman–Crippen MR) is 78.7 cm³/mol. The summed E-state index contributed by atoms with van der Waals surface area (Å²) in [6.45, 7) is 0. The highest BCUT2D eigenvalue weighted by Crippen LogP contribution is 2.35. The summed E-state index contributed by atoms with van der Waals surface area (Å²) >= 11 is 7.32. The Labute approximate surface area is 123 Å². The number of halogens is 1. The van der Waals surface area contributed by atoms with Gasteiger partial charge in [0.1, 0.15) is 17.4 Å². The van der Waals surface area contributed by atoms with Crippen LogP contribution in [0.1, 0.15) is 0 Å². The molecule has 0 aliphatic rings. The first-order chi connectivity index (χ1) is 9.70. The number of rotatable bonds is 3. The van der Waals surface area contributed by atoms with E-state index in [0.29, 0.717) is 27.8 Å². The Morgan fingerprint density at radius 3 is 2.95 bits per heavy atom. The molecule has 0 amide bonds. The van der Waals surface area contributed by atoms with E-state index in [-0.39, 0.29) is 5.82 Å². The summed E-state index contributed by atoms with van der Waals surface area (Å²) in [6.07, 6.45) is 1.34. The normalized spacial score (nSPS) is 10.7. The van der Waals surface area contributed by atoms with Crippen molar-refractivity contribution in [1.82, 2.24) is 18.7 Å². The molecule has 0 aliphatic carbocycles. The predicted octanol–water partition coefficient (Wildman–Crippen LogP) is 2.47. The summed E-state index contributed by atoms with van der Waals surface area (Å²) in [5, 5.41) is 3.58. The van der Waals surface area contributed by atoms with E-state index in [1.165, 1.54) is 13.4 Å². The van der Waals surface area contributed by atoms with Gasteiger partial charge in [0, 0.05) is 0 Å². The lowest BCUT2D eigenvalue weighted by Crippen LogP contribution is -2.03. The van der Waals surface area contributed by atoms with Gasteiger partial charge in [-0.25, -0.2) is 9.97 Å². The minimum atomic E-state index is 0.240. The molecule has 20 heavy (non-hydrogen) atoms. The van der Waals surface area contributed by atoms with E-state index in [1.54, 1.807) is 12.1 Å². The standard InChI is InChI=1S/C11H9ClN6OS/c1-19-9-10(13)14-4-15-11(9)16-7-5(12)2-3-6-8(7)18-20-17-6/h2-4H,1H3,(H3,13,14,15,16). The lowest BCUT2D eigenvalue weighted by molar-refractivity contribution is 0.415. The van der Waals surface area contributed by atoms with Crippen molar-refractivity contribution >= 4 is 51.7 Å². The number of nitrogens with one attached hydrogen (secondary N) is 1. The summed E-state index contributed by atoms with van der Waals surface area (Å²) < 4.78 is 13.6. The van der Waals surface area contributed by atoms with Crippen LogP contribution in [-0.2, 0) is 0 Å². The van der Waals surface area contributed by atoms with E-state index in [0.717, 1.165) is 17.2 Å². The molecule has 0 bridgehead atoms. The zero-order valence-corrected chi connectivity index (χ0v) is 11.9. The Hall–Kier alpha value is -2.19. The van der Waals surface area contributed by atoms with Crippen LogP contribution in [0.3, 0.4) is 0 Å². The van der Waals surface area contributed by atoms with E-state index in [1.807, 2.05) is 0 Å². The van der Waals surface area contributed by atoms with E-state index < -0.39 is 0 Å². The summed E-state index contributed by atoms with van der Waals surface area (Å²) in [4.78, 5) is 7.98. The molecular weight excluding hydrogens is 300 g/mol. The minimum Gasteiger partial charge on any atom is -0.490 e. The van der Waals surface area contributed by atoms with Gasteiger partial charge in [-0.15, -0.1) is 0 Å². The Morgan fingerprint density at radius 2 is 2.15 bits per heavy atom. The van der Waals surface area contributed by atoms with Crippen molar-refractivity contribution in [2.75, 3.05) is 18.2 Å². The summed E-state index contributed by atoms with van der Waals surface area (Å²) in [6, 6.07) is 3.54. The SMILES string of the molecule is COc1c(N)ncnc1Nc1c(Cl)ccc2nsnc12. The van der Waals surface area contributed by atoms with Gasteiger partial charge < -0.3 is 15.8 Å². The van der Waals surface area contributed by atoms with Gasteiger partial charge in [-0.3, -0.25) is 0 Å². The highest BCUT2D eigenvalue weighted by atomic mass is 35.5. The Bertz CT molecular complexity index is 777. The number of ether oxygens (including phenoxy) is 1. The molecular formula is C11H9ClN6OS. The van der Waals surface area contributed by atoms with Crippen LogP contribution in [-0.4, -0.2) is 25.8 Å². The number of anilines is 3. The lowest BCUT2D eigenvalue weighted by atomic mass is 10.2. The topological polar surface area (TPSA) is 98.8 Å².